The summed E-state index contributed by atoms with van der Waals surface area (Å²) < 4.78 is 65.9. The molecule has 10 heteroatoms. The summed E-state index contributed by atoms with van der Waals surface area (Å²) in [6, 6.07) is 13.2. The third-order valence-corrected chi connectivity index (χ3v) is 16.1. The van der Waals surface area contributed by atoms with Gasteiger partial charge in [0.25, 0.3) is 5.91 Å². The molecule has 7 rings (SSSR count). The molecule has 62 heavy (non-hydrogen) atoms. The van der Waals surface area contributed by atoms with Crippen LogP contribution in [0.2, 0.25) is 0 Å². The number of carbonyl (C=O) groups excluding carboxylic acids is 3. The summed E-state index contributed by atoms with van der Waals surface area (Å²) in [5, 5.41) is 0. The Labute approximate surface area is 365 Å². The molecule has 0 heterocycles. The highest BCUT2D eigenvalue weighted by Gasteiger charge is 2.60. The first-order chi connectivity index (χ1) is 29.4. The largest absolute Gasteiger partial charge is 0.464 e. The van der Waals surface area contributed by atoms with Crippen molar-refractivity contribution in [3.05, 3.63) is 101 Å². The Balaban J connectivity index is 1.02. The van der Waals surface area contributed by atoms with Crippen LogP contribution in [0.3, 0.4) is 0 Å². The number of ether oxygens (including phenoxy) is 2. The molecule has 10 atom stereocenters. The Morgan fingerprint density at radius 1 is 0.774 bits per heavy atom. The molecule has 0 radical (unpaired) electrons. The van der Waals surface area contributed by atoms with Gasteiger partial charge in [0.1, 0.15) is 11.9 Å². The van der Waals surface area contributed by atoms with Crippen LogP contribution in [0.1, 0.15) is 156 Å². The number of rotatable bonds is 13. The predicted molar refractivity (Wildman–Crippen MR) is 233 cm³/mol. The highest BCUT2D eigenvalue weighted by Crippen LogP contribution is 2.68. The van der Waals surface area contributed by atoms with E-state index < -0.39 is 41.4 Å². The van der Waals surface area contributed by atoms with Gasteiger partial charge >= 0.3 is 18.1 Å². The number of carbonyl (C=O) groups is 3. The number of nitrogens with zero attached hydrogens (tertiary/aromatic N) is 1. The van der Waals surface area contributed by atoms with Crippen molar-refractivity contribution >= 4 is 23.5 Å². The van der Waals surface area contributed by atoms with Crippen LogP contribution in [0.4, 0.5) is 23.2 Å². The van der Waals surface area contributed by atoms with Crippen molar-refractivity contribution in [1.82, 2.24) is 0 Å². The van der Waals surface area contributed by atoms with E-state index in [1.807, 2.05) is 0 Å². The fraction of sp³-hybridized carbons (Fsp3) is 0.596. The highest BCUT2D eigenvalue weighted by molar-refractivity contribution is 6.10. The molecule has 0 aromatic heterocycles. The number of alkyl halides is 3. The van der Waals surface area contributed by atoms with Crippen molar-refractivity contribution in [2.24, 2.45) is 52.3 Å². The van der Waals surface area contributed by atoms with Crippen LogP contribution in [0, 0.1) is 58.1 Å². The van der Waals surface area contributed by atoms with Crippen LogP contribution >= 0.6 is 0 Å². The van der Waals surface area contributed by atoms with Crippen molar-refractivity contribution < 1.29 is 41.4 Å². The lowest BCUT2D eigenvalue weighted by molar-refractivity contribution is -0.144. The topological polar surface area (TPSA) is 72.9 Å². The normalized spacial score (nSPS) is 29.1. The fourth-order valence-corrected chi connectivity index (χ4v) is 12.9. The van der Waals surface area contributed by atoms with Gasteiger partial charge < -0.3 is 9.47 Å². The van der Waals surface area contributed by atoms with E-state index in [9.17, 15) is 31.9 Å². The minimum atomic E-state index is -4.62. The second kappa shape index (κ2) is 18.5. The standard InChI is InChI=1S/C52H65F4NO5/c1-7-61-49(60)46(34-15-17-37(18-16-34)52(54,55)56)57(40-22-20-39(53)21-23-40)47(58)35-11-13-36(14-12-35)48(59)62-41-27-29-50(5)38(31-41)19-24-42-44-26-25-43(33(4)10-8-9-32(2)3)51(44,6)30-28-45(42)50/h11-18,20-23,32-33,38,41-46H,7-10,19,24-31H2,1-6H3/t33-,38?,41+,42+,43-,44+,45+,46?,50+,51-/m1/s1. The van der Waals surface area contributed by atoms with E-state index in [0.29, 0.717) is 17.3 Å². The quantitative estimate of drug-likeness (QED) is 0.126. The Morgan fingerprint density at radius 2 is 1.42 bits per heavy atom. The van der Waals surface area contributed by atoms with Crippen LogP contribution in [0.15, 0.2) is 72.8 Å². The van der Waals surface area contributed by atoms with E-state index in [1.54, 1.807) is 6.92 Å². The molecule has 0 saturated heterocycles. The number of hydrogen-bond acceptors (Lipinski definition) is 5. The molecule has 0 aliphatic heterocycles. The Kier molecular flexibility index (Phi) is 13.7. The second-order valence-corrected chi connectivity index (χ2v) is 20.0. The zero-order chi connectivity index (χ0) is 44.6. The second-order valence-electron chi connectivity index (χ2n) is 20.0. The van der Waals surface area contributed by atoms with Crippen LogP contribution in [-0.4, -0.2) is 30.6 Å². The summed E-state index contributed by atoms with van der Waals surface area (Å²) in [6.45, 7) is 13.9. The average Bonchev–Trinajstić information content (AvgIpc) is 3.60. The maximum atomic E-state index is 14.4. The lowest BCUT2D eigenvalue weighted by atomic mass is 9.44. The monoisotopic (exact) mass is 859 g/mol. The van der Waals surface area contributed by atoms with E-state index in [4.69, 9.17) is 9.47 Å². The molecule has 0 spiro atoms. The Hall–Kier alpha value is -4.21. The first-order valence-corrected chi connectivity index (χ1v) is 23.2. The first-order valence-electron chi connectivity index (χ1n) is 23.2. The molecule has 0 bridgehead atoms. The summed E-state index contributed by atoms with van der Waals surface area (Å²) in [5.74, 6) is 2.56. The number of fused-ring (bicyclic) bond motifs is 5. The van der Waals surface area contributed by atoms with E-state index >= 15 is 0 Å². The molecule has 4 saturated carbocycles. The lowest BCUT2D eigenvalue weighted by Crippen LogP contribution is -2.54. The van der Waals surface area contributed by atoms with Gasteiger partial charge in [0.05, 0.1) is 17.7 Å². The van der Waals surface area contributed by atoms with Gasteiger partial charge in [-0.25, -0.2) is 14.0 Å². The summed E-state index contributed by atoms with van der Waals surface area (Å²) in [7, 11) is 0. The van der Waals surface area contributed by atoms with Gasteiger partial charge in [-0.15, -0.1) is 0 Å². The summed E-state index contributed by atoms with van der Waals surface area (Å²) in [4.78, 5) is 42.6. The van der Waals surface area contributed by atoms with Gasteiger partial charge in [0.15, 0.2) is 6.04 Å². The minimum Gasteiger partial charge on any atom is -0.464 e. The number of benzene rings is 3. The molecule has 4 aliphatic rings. The fourth-order valence-electron chi connectivity index (χ4n) is 12.9. The van der Waals surface area contributed by atoms with Gasteiger partial charge in [0, 0.05) is 11.3 Å². The molecule has 336 valence electrons. The van der Waals surface area contributed by atoms with Crippen LogP contribution in [-0.2, 0) is 20.4 Å². The third kappa shape index (κ3) is 9.22. The zero-order valence-corrected chi connectivity index (χ0v) is 37.3. The minimum absolute atomic E-state index is 0.0566. The van der Waals surface area contributed by atoms with Crippen LogP contribution in [0.25, 0.3) is 0 Å². The number of hydrogen-bond donors (Lipinski definition) is 0. The molecule has 6 nitrogen and oxygen atoms in total. The van der Waals surface area contributed by atoms with E-state index in [1.165, 1.54) is 94.2 Å². The van der Waals surface area contributed by atoms with Gasteiger partial charge in [0.2, 0.25) is 0 Å². The molecular formula is C52H65F4NO5. The SMILES string of the molecule is CCOC(=O)C(c1ccc(C(F)(F)F)cc1)N(C(=O)c1ccc(C(=O)O[C@H]2CC[C@@]3(C)C(CC[C@H]4[C@@H]5CC[C@H]([C@H](C)CCCC(C)C)[C@@]5(C)CC[C@@H]43)C2)cc1)c1ccc(F)cc1. The molecule has 4 aliphatic carbocycles. The zero-order valence-electron chi connectivity index (χ0n) is 37.3. The first kappa shape index (κ1) is 45.8. The number of esters is 2. The van der Waals surface area contributed by atoms with Crippen molar-refractivity contribution in [2.45, 2.75) is 137 Å². The van der Waals surface area contributed by atoms with Gasteiger partial charge in [-0.05, 0) is 183 Å². The van der Waals surface area contributed by atoms with E-state index in [-0.39, 0.29) is 40.5 Å². The van der Waals surface area contributed by atoms with Crippen molar-refractivity contribution in [3.8, 4) is 0 Å². The highest BCUT2D eigenvalue weighted by atomic mass is 19.4. The van der Waals surface area contributed by atoms with Crippen LogP contribution < -0.4 is 4.90 Å². The molecule has 3 aromatic rings. The molecule has 0 N–H and O–H groups in total. The summed E-state index contributed by atoms with van der Waals surface area (Å²) >= 11 is 0. The maximum absolute atomic E-state index is 14.4. The number of amides is 1. The molecule has 2 unspecified atom stereocenters. The van der Waals surface area contributed by atoms with E-state index in [0.717, 1.165) is 90.2 Å². The molecule has 3 aromatic carbocycles. The number of anilines is 1. The summed E-state index contributed by atoms with van der Waals surface area (Å²) in [5.41, 5.74) is 0.321. The van der Waals surface area contributed by atoms with Gasteiger partial charge in [-0.2, -0.15) is 13.2 Å². The molecular weight excluding hydrogens is 795 g/mol. The Bertz CT molecular complexity index is 2030. The van der Waals surface area contributed by atoms with Crippen LogP contribution in [0.5, 0.6) is 0 Å². The average molecular weight is 860 g/mol. The summed E-state index contributed by atoms with van der Waals surface area (Å²) in [6.07, 6.45) is 9.74. The smallest absolute Gasteiger partial charge is 0.416 e. The molecule has 1 amide bonds. The third-order valence-electron chi connectivity index (χ3n) is 16.1. The van der Waals surface area contributed by atoms with Crippen molar-refractivity contribution in [1.29, 1.82) is 0 Å². The molecule has 4 fully saturated rings. The lowest BCUT2D eigenvalue weighted by Gasteiger charge is -2.61. The van der Waals surface area contributed by atoms with E-state index in [2.05, 4.69) is 34.6 Å². The number of halogens is 4. The van der Waals surface area contributed by atoms with Crippen molar-refractivity contribution in [3.63, 3.8) is 0 Å². The van der Waals surface area contributed by atoms with Gasteiger partial charge in [-0.1, -0.05) is 66.0 Å². The maximum Gasteiger partial charge on any atom is 0.416 e. The Morgan fingerprint density at radius 3 is 2.06 bits per heavy atom. The van der Waals surface area contributed by atoms with Gasteiger partial charge in [-0.3, -0.25) is 9.69 Å². The van der Waals surface area contributed by atoms with Crippen molar-refractivity contribution in [2.75, 3.05) is 11.5 Å². The predicted octanol–water partition coefficient (Wildman–Crippen LogP) is 13.4.